The lowest BCUT2D eigenvalue weighted by Crippen LogP contribution is -2.20. The first-order chi connectivity index (χ1) is 13.5. The largest absolute Gasteiger partial charge is 0.383 e. The van der Waals surface area contributed by atoms with Crippen molar-refractivity contribution in [2.45, 2.75) is 27.3 Å². The third-order valence-corrected chi connectivity index (χ3v) is 5.96. The highest BCUT2D eigenvalue weighted by Gasteiger charge is 2.17. The van der Waals surface area contributed by atoms with E-state index < -0.39 is 0 Å². The number of hydrogen-bond donors (Lipinski definition) is 0. The molecule has 0 fully saturated rings. The molecule has 0 N–H and O–H groups in total. The molecular formula is C21H22N4O2S. The normalized spacial score (nSPS) is 12.4. The number of benzene rings is 1. The highest BCUT2D eigenvalue weighted by Crippen LogP contribution is 2.22. The number of fused-ring (bicyclic) bond motifs is 2. The predicted octanol–water partition coefficient (Wildman–Crippen LogP) is 3.66. The summed E-state index contributed by atoms with van der Waals surface area (Å²) in [5.41, 5.74) is 5.44. The van der Waals surface area contributed by atoms with E-state index in [0.717, 1.165) is 15.9 Å². The van der Waals surface area contributed by atoms with Crippen molar-refractivity contribution in [3.05, 3.63) is 63.8 Å². The second kappa shape index (κ2) is 7.33. The molecule has 1 aromatic carbocycles. The van der Waals surface area contributed by atoms with Gasteiger partial charge in [-0.3, -0.25) is 9.20 Å². The van der Waals surface area contributed by atoms with Crippen molar-refractivity contribution in [3.8, 4) is 0 Å². The Bertz CT molecular complexity index is 1260. The summed E-state index contributed by atoms with van der Waals surface area (Å²) in [6.07, 6.45) is 1.84. The lowest BCUT2D eigenvalue weighted by molar-refractivity contribution is 0.0991. The Morgan fingerprint density at radius 2 is 2.00 bits per heavy atom. The molecule has 0 saturated carbocycles. The molecule has 0 unspecified atom stereocenters. The molecule has 6 nitrogen and oxygen atoms in total. The van der Waals surface area contributed by atoms with E-state index in [1.54, 1.807) is 11.5 Å². The molecule has 0 aliphatic rings. The van der Waals surface area contributed by atoms with Crippen molar-refractivity contribution < 1.29 is 9.53 Å². The highest BCUT2D eigenvalue weighted by atomic mass is 32.1. The fourth-order valence-electron chi connectivity index (χ4n) is 3.32. The minimum absolute atomic E-state index is 0.289. The molecule has 28 heavy (non-hydrogen) atoms. The van der Waals surface area contributed by atoms with Crippen molar-refractivity contribution in [1.82, 2.24) is 14.0 Å². The number of methoxy groups -OCH3 is 1. The summed E-state index contributed by atoms with van der Waals surface area (Å²) in [5, 5.41) is 0. The molecule has 3 aromatic heterocycles. The summed E-state index contributed by atoms with van der Waals surface area (Å²) < 4.78 is 10.2. The van der Waals surface area contributed by atoms with Gasteiger partial charge in [-0.25, -0.2) is 4.98 Å². The van der Waals surface area contributed by atoms with Crippen LogP contribution in [0.4, 0.5) is 0 Å². The molecule has 0 spiro atoms. The second-order valence-electron chi connectivity index (χ2n) is 6.82. The third kappa shape index (κ3) is 3.16. The average Bonchev–Trinajstić information content (AvgIpc) is 3.16. The zero-order chi connectivity index (χ0) is 19.8. The number of aryl methyl sites for hydroxylation is 3. The molecule has 0 bridgehead atoms. The number of ether oxygens (including phenoxy) is 1. The molecule has 0 saturated heterocycles. The number of aromatic nitrogens is 3. The molecule has 3 heterocycles. The van der Waals surface area contributed by atoms with Crippen LogP contribution in [0.1, 0.15) is 27.3 Å². The van der Waals surface area contributed by atoms with Crippen LogP contribution in [0.15, 0.2) is 41.5 Å². The average molecular weight is 395 g/mol. The van der Waals surface area contributed by atoms with E-state index in [2.05, 4.69) is 40.5 Å². The second-order valence-corrected chi connectivity index (χ2v) is 7.83. The minimum atomic E-state index is -0.289. The minimum Gasteiger partial charge on any atom is -0.383 e. The van der Waals surface area contributed by atoms with E-state index in [1.807, 2.05) is 31.3 Å². The first kappa shape index (κ1) is 18.6. The van der Waals surface area contributed by atoms with Gasteiger partial charge in [-0.05, 0) is 56.2 Å². The van der Waals surface area contributed by atoms with Crippen LogP contribution in [0.2, 0.25) is 0 Å². The Balaban J connectivity index is 1.90. The van der Waals surface area contributed by atoms with Gasteiger partial charge in [0.15, 0.2) is 4.80 Å². The summed E-state index contributed by atoms with van der Waals surface area (Å²) in [4.78, 5) is 22.7. The summed E-state index contributed by atoms with van der Waals surface area (Å²) >= 11 is 1.52. The van der Waals surface area contributed by atoms with E-state index in [-0.39, 0.29) is 5.91 Å². The fourth-order valence-corrected chi connectivity index (χ4v) is 4.45. The van der Waals surface area contributed by atoms with Gasteiger partial charge in [-0.15, -0.1) is 0 Å². The summed E-state index contributed by atoms with van der Waals surface area (Å²) in [7, 11) is 1.67. The van der Waals surface area contributed by atoms with Gasteiger partial charge < -0.3 is 9.30 Å². The van der Waals surface area contributed by atoms with Gasteiger partial charge in [0.05, 0.1) is 22.5 Å². The summed E-state index contributed by atoms with van der Waals surface area (Å²) in [6, 6.07) is 9.98. The summed E-state index contributed by atoms with van der Waals surface area (Å²) in [5.74, 6) is -0.289. The van der Waals surface area contributed by atoms with Gasteiger partial charge in [-0.2, -0.15) is 4.99 Å². The Labute approximate surface area is 166 Å². The number of imidazole rings is 1. The lowest BCUT2D eigenvalue weighted by atomic mass is 10.1. The predicted molar refractivity (Wildman–Crippen MR) is 111 cm³/mol. The van der Waals surface area contributed by atoms with Gasteiger partial charge >= 0.3 is 0 Å². The molecule has 0 aliphatic carbocycles. The molecule has 0 aliphatic heterocycles. The monoisotopic (exact) mass is 394 g/mol. The number of carbonyl (C=O) groups is 1. The summed E-state index contributed by atoms with van der Waals surface area (Å²) in [6.45, 7) is 7.22. The van der Waals surface area contributed by atoms with Crippen LogP contribution in [0.25, 0.3) is 15.9 Å². The van der Waals surface area contributed by atoms with Crippen LogP contribution in [-0.2, 0) is 11.3 Å². The van der Waals surface area contributed by atoms with Crippen LogP contribution in [0.3, 0.4) is 0 Å². The Morgan fingerprint density at radius 1 is 1.21 bits per heavy atom. The van der Waals surface area contributed by atoms with E-state index in [9.17, 15) is 4.79 Å². The van der Waals surface area contributed by atoms with E-state index in [4.69, 9.17) is 4.74 Å². The van der Waals surface area contributed by atoms with E-state index >= 15 is 0 Å². The van der Waals surface area contributed by atoms with Gasteiger partial charge in [0.1, 0.15) is 11.3 Å². The number of amides is 1. The van der Waals surface area contributed by atoms with Crippen LogP contribution in [0, 0.1) is 20.8 Å². The molecular weight excluding hydrogens is 372 g/mol. The molecule has 4 aromatic rings. The number of hydrogen-bond acceptors (Lipinski definition) is 4. The van der Waals surface area contributed by atoms with Crippen LogP contribution < -0.4 is 4.80 Å². The van der Waals surface area contributed by atoms with E-state index in [1.165, 1.54) is 22.5 Å². The van der Waals surface area contributed by atoms with Crippen molar-refractivity contribution in [3.63, 3.8) is 0 Å². The molecule has 0 radical (unpaired) electrons. The van der Waals surface area contributed by atoms with Gasteiger partial charge in [0, 0.05) is 19.9 Å². The highest BCUT2D eigenvalue weighted by molar-refractivity contribution is 7.16. The lowest BCUT2D eigenvalue weighted by Gasteiger charge is -2.06. The van der Waals surface area contributed by atoms with E-state index in [0.29, 0.717) is 29.3 Å². The molecule has 0 atom stereocenters. The third-order valence-electron chi connectivity index (χ3n) is 4.92. The Kier molecular flexibility index (Phi) is 4.87. The number of carbonyl (C=O) groups excluding carboxylic acids is 1. The molecule has 144 valence electrons. The molecule has 7 heteroatoms. The van der Waals surface area contributed by atoms with Crippen LogP contribution >= 0.6 is 11.3 Å². The van der Waals surface area contributed by atoms with Crippen LogP contribution in [0.5, 0.6) is 0 Å². The fraction of sp³-hybridized carbons (Fsp3) is 0.286. The van der Waals surface area contributed by atoms with Crippen molar-refractivity contribution in [1.29, 1.82) is 0 Å². The van der Waals surface area contributed by atoms with Gasteiger partial charge in [0.2, 0.25) is 0 Å². The van der Waals surface area contributed by atoms with Crippen LogP contribution in [-0.4, -0.2) is 33.6 Å². The van der Waals surface area contributed by atoms with Crippen molar-refractivity contribution in [2.24, 2.45) is 4.99 Å². The quantitative estimate of drug-likeness (QED) is 0.531. The maximum absolute atomic E-state index is 13.1. The number of pyridine rings is 1. The van der Waals surface area contributed by atoms with Gasteiger partial charge in [0.25, 0.3) is 5.91 Å². The zero-order valence-corrected chi connectivity index (χ0v) is 17.2. The zero-order valence-electron chi connectivity index (χ0n) is 16.4. The maximum Gasteiger partial charge on any atom is 0.298 e. The van der Waals surface area contributed by atoms with Gasteiger partial charge in [-0.1, -0.05) is 17.4 Å². The number of rotatable bonds is 4. The van der Waals surface area contributed by atoms with Crippen molar-refractivity contribution in [2.75, 3.05) is 13.7 Å². The number of thiazole rings is 1. The standard InChI is InChI=1S/C21H22N4O2S/c1-13-11-16-17(12-14(13)2)28-21(24(16)9-10-27-4)23-20(26)19-15(3)22-18-7-5-6-8-25(18)19/h5-8,11-12H,9-10H2,1-4H3. The molecule has 4 rings (SSSR count). The smallest absolute Gasteiger partial charge is 0.298 e. The topological polar surface area (TPSA) is 60.9 Å². The first-order valence-corrected chi connectivity index (χ1v) is 9.93. The Hall–Kier alpha value is -2.77. The molecule has 1 amide bonds. The Morgan fingerprint density at radius 3 is 2.79 bits per heavy atom. The number of nitrogens with zero attached hydrogens (tertiary/aromatic N) is 4. The van der Waals surface area contributed by atoms with Crippen molar-refractivity contribution >= 4 is 33.1 Å². The maximum atomic E-state index is 13.1. The first-order valence-electron chi connectivity index (χ1n) is 9.12. The SMILES string of the molecule is COCCn1c(=NC(=O)c2c(C)nc3ccccn23)sc2cc(C)c(C)cc21.